The van der Waals surface area contributed by atoms with E-state index in [4.69, 9.17) is 0 Å². The van der Waals surface area contributed by atoms with Crippen LogP contribution in [0.4, 0.5) is 4.39 Å². The van der Waals surface area contributed by atoms with Gasteiger partial charge in [-0.1, -0.05) is 12.2 Å². The van der Waals surface area contributed by atoms with E-state index in [-0.39, 0.29) is 0 Å². The summed E-state index contributed by atoms with van der Waals surface area (Å²) in [6.45, 7) is 0. The normalized spacial score (nSPS) is 8.33. The van der Waals surface area contributed by atoms with Gasteiger partial charge in [0.1, 0.15) is 0 Å². The van der Waals surface area contributed by atoms with Crippen molar-refractivity contribution in [2.75, 3.05) is 12.0 Å². The smallest absolute Gasteiger partial charge is 0.172 e. The second-order valence-electron chi connectivity index (χ2n) is 0.788. The minimum absolute atomic E-state index is 0.356. The Morgan fingerprint density at radius 2 is 2.50 bits per heavy atom. The molecule has 0 aliphatic rings. The zero-order valence-corrected chi connectivity index (χ0v) is 5.03. The van der Waals surface area contributed by atoms with E-state index in [9.17, 15) is 4.39 Å². The Kier molecular flexibility index (Phi) is 3.78. The molecule has 0 saturated heterocycles. The number of rotatable bonds is 2. The molecule has 0 unspecified atom stereocenters. The maximum Gasteiger partial charge on any atom is 0.172 e. The van der Waals surface area contributed by atoms with Crippen LogP contribution in [0, 0.1) is 0 Å². The third kappa shape index (κ3) is 4.37. The van der Waals surface area contributed by atoms with Crippen molar-refractivity contribution in [2.24, 2.45) is 0 Å². The molecule has 0 radical (unpaired) electrons. The van der Waals surface area contributed by atoms with Crippen LogP contribution in [-0.4, -0.2) is 17.1 Å². The van der Waals surface area contributed by atoms with Gasteiger partial charge in [0.2, 0.25) is 0 Å². The second-order valence-corrected chi connectivity index (χ2v) is 2.10. The molecule has 0 nitrogen and oxygen atoms in total. The van der Waals surface area contributed by atoms with Crippen LogP contribution in [0.5, 0.6) is 0 Å². The zero-order valence-electron chi connectivity index (χ0n) is 3.40. The molecule has 0 rings (SSSR count). The highest BCUT2D eigenvalue weighted by Crippen LogP contribution is 1.92. The van der Waals surface area contributed by atoms with Gasteiger partial charge in [-0.25, -0.2) is 0 Å². The maximum atomic E-state index is 11.4. The van der Waals surface area contributed by atoms with Gasteiger partial charge in [0.25, 0.3) is 0 Å². The molecule has 0 fully saturated rings. The molecule has 0 heterocycles. The molecular weight excluding hydrogens is 119 g/mol. The summed E-state index contributed by atoms with van der Waals surface area (Å²) in [7, 11) is 0. The molecule has 3 heteroatoms. The summed E-state index contributed by atoms with van der Waals surface area (Å²) in [6.07, 6.45) is 1.81. The predicted molar refractivity (Wildman–Crippen MR) is 32.1 cm³/mol. The summed E-state index contributed by atoms with van der Waals surface area (Å²) in [5, 5.41) is -0.414. The summed E-state index contributed by atoms with van der Waals surface area (Å²) >= 11 is 5.50. The van der Waals surface area contributed by atoms with Crippen molar-refractivity contribution < 1.29 is 4.39 Å². The van der Waals surface area contributed by atoms with Gasteiger partial charge < -0.3 is 0 Å². The Bertz CT molecular complexity index is 52.8. The predicted octanol–water partition coefficient (Wildman–Crippen LogP) is 1.65. The van der Waals surface area contributed by atoms with Gasteiger partial charge in [-0.05, 0) is 6.26 Å². The van der Waals surface area contributed by atoms with Crippen molar-refractivity contribution in [2.45, 2.75) is 0 Å². The summed E-state index contributed by atoms with van der Waals surface area (Å²) < 4.78 is 11.4. The van der Waals surface area contributed by atoms with Crippen molar-refractivity contribution >= 4 is 29.1 Å². The van der Waals surface area contributed by atoms with Gasteiger partial charge in [-0.2, -0.15) is 16.2 Å². The lowest BCUT2D eigenvalue weighted by molar-refractivity contribution is 0.826. The lowest BCUT2D eigenvalue weighted by Crippen LogP contribution is -1.83. The molecule has 0 atom stereocenters. The van der Waals surface area contributed by atoms with Crippen molar-refractivity contribution in [1.29, 1.82) is 0 Å². The molecule has 0 amide bonds. The van der Waals surface area contributed by atoms with Crippen LogP contribution < -0.4 is 0 Å². The summed E-state index contributed by atoms with van der Waals surface area (Å²) in [6, 6.07) is 0. The van der Waals surface area contributed by atoms with E-state index in [2.05, 4.69) is 12.2 Å². The average Bonchev–Trinajstić information content (AvgIpc) is 1.35. The van der Waals surface area contributed by atoms with E-state index in [1.54, 1.807) is 0 Å². The second kappa shape index (κ2) is 3.56. The van der Waals surface area contributed by atoms with Crippen LogP contribution in [0.25, 0.3) is 0 Å². The summed E-state index contributed by atoms with van der Waals surface area (Å²) in [4.78, 5) is 0. The first-order chi connectivity index (χ1) is 2.77. The Labute approximate surface area is 46.1 Å². The zero-order chi connectivity index (χ0) is 4.99. The Balaban J connectivity index is 2.83. The summed E-state index contributed by atoms with van der Waals surface area (Å²) in [5.74, 6) is 0.356. The lowest BCUT2D eigenvalue weighted by atomic mass is 10.9. The molecule has 0 aliphatic carbocycles. The van der Waals surface area contributed by atoms with Gasteiger partial charge >= 0.3 is 0 Å². The van der Waals surface area contributed by atoms with Crippen LogP contribution in [0.1, 0.15) is 0 Å². The molecule has 36 valence electrons. The van der Waals surface area contributed by atoms with Gasteiger partial charge in [0, 0.05) is 0 Å². The fourth-order valence-corrected chi connectivity index (χ4v) is 0.694. The maximum absolute atomic E-state index is 11.4. The van der Waals surface area contributed by atoms with Crippen LogP contribution in [0.2, 0.25) is 0 Å². The molecule has 6 heavy (non-hydrogen) atoms. The van der Waals surface area contributed by atoms with E-state index in [1.165, 1.54) is 11.8 Å². The van der Waals surface area contributed by atoms with E-state index < -0.39 is 5.12 Å². The van der Waals surface area contributed by atoms with Crippen LogP contribution in [0.3, 0.4) is 0 Å². The highest BCUT2D eigenvalue weighted by Gasteiger charge is 1.84. The molecule has 0 aliphatic heterocycles. The SMILES string of the molecule is CSCC(F)=S. The molecule has 0 saturated carbocycles. The molecule has 0 N–H and O–H groups in total. The Morgan fingerprint density at radius 3 is 2.50 bits per heavy atom. The van der Waals surface area contributed by atoms with Crippen molar-refractivity contribution in [1.82, 2.24) is 0 Å². The highest BCUT2D eigenvalue weighted by molar-refractivity contribution is 8.00. The van der Waals surface area contributed by atoms with Crippen molar-refractivity contribution in [3.05, 3.63) is 0 Å². The van der Waals surface area contributed by atoms with Crippen molar-refractivity contribution in [3.63, 3.8) is 0 Å². The molecular formula is C3H5FS2. The van der Waals surface area contributed by atoms with Crippen LogP contribution in [-0.2, 0) is 0 Å². The number of hydrogen-bond acceptors (Lipinski definition) is 2. The first-order valence-electron chi connectivity index (χ1n) is 1.44. The van der Waals surface area contributed by atoms with Gasteiger partial charge in [-0.3, -0.25) is 0 Å². The molecule has 0 aromatic rings. The van der Waals surface area contributed by atoms with Gasteiger partial charge in [0.15, 0.2) is 5.12 Å². The minimum atomic E-state index is -0.414. The van der Waals surface area contributed by atoms with E-state index in [1.807, 2.05) is 6.26 Å². The fraction of sp³-hybridized carbons (Fsp3) is 0.667. The number of thiocarbonyl (C=S) groups is 1. The average molecular weight is 124 g/mol. The Morgan fingerprint density at radius 1 is 2.00 bits per heavy atom. The quantitative estimate of drug-likeness (QED) is 0.405. The molecule has 0 aromatic carbocycles. The third-order valence-corrected chi connectivity index (χ3v) is 1.13. The Hall–Kier alpha value is 0.370. The number of thioether (sulfide) groups is 1. The lowest BCUT2D eigenvalue weighted by Gasteiger charge is -1.80. The molecule has 0 bridgehead atoms. The van der Waals surface area contributed by atoms with Gasteiger partial charge in [0.05, 0.1) is 5.75 Å². The standard InChI is InChI=1S/C3H5FS2/c1-6-2-3(4)5/h2H2,1H3. The largest absolute Gasteiger partial charge is 0.198 e. The first kappa shape index (κ1) is 6.37. The topological polar surface area (TPSA) is 0 Å². The summed E-state index contributed by atoms with van der Waals surface area (Å²) in [5.41, 5.74) is 0. The number of halogens is 1. The van der Waals surface area contributed by atoms with Crippen molar-refractivity contribution in [3.8, 4) is 0 Å². The van der Waals surface area contributed by atoms with Crippen LogP contribution >= 0.6 is 24.0 Å². The molecule has 0 spiro atoms. The van der Waals surface area contributed by atoms with E-state index in [0.717, 1.165) is 0 Å². The van der Waals surface area contributed by atoms with E-state index >= 15 is 0 Å². The monoisotopic (exact) mass is 124 g/mol. The first-order valence-corrected chi connectivity index (χ1v) is 3.25. The van der Waals surface area contributed by atoms with E-state index in [0.29, 0.717) is 5.75 Å². The third-order valence-electron chi connectivity index (χ3n) is 0.258. The fourth-order valence-electron chi connectivity index (χ4n) is 0.113. The number of hydrogen-bond donors (Lipinski definition) is 0. The molecule has 0 aromatic heterocycles. The van der Waals surface area contributed by atoms with Gasteiger partial charge in [-0.15, -0.1) is 0 Å². The minimum Gasteiger partial charge on any atom is -0.198 e. The highest BCUT2D eigenvalue weighted by atomic mass is 32.2. The van der Waals surface area contributed by atoms with Crippen LogP contribution in [0.15, 0.2) is 0 Å².